The van der Waals surface area contributed by atoms with E-state index in [9.17, 15) is 37.5 Å². The Morgan fingerprint density at radius 2 is 0.683 bits per heavy atom. The number of likely N-dealkylation sites (tertiary alicyclic amines) is 3. The molecule has 0 aromatic heterocycles. The maximum Gasteiger partial charge on any atom is 0.267 e. The third-order valence-electron chi connectivity index (χ3n) is 17.3. The molecule has 0 radical (unpaired) electrons. The van der Waals surface area contributed by atoms with E-state index in [0.717, 1.165) is 123 Å². The van der Waals surface area contributed by atoms with Crippen molar-refractivity contribution >= 4 is 110 Å². The van der Waals surface area contributed by atoms with E-state index in [0.29, 0.717) is 25.2 Å². The van der Waals surface area contributed by atoms with Crippen molar-refractivity contribution in [1.29, 1.82) is 0 Å². The Bertz CT molecular complexity index is 3420. The zero-order chi connectivity index (χ0) is 70.8. The van der Waals surface area contributed by atoms with Crippen molar-refractivity contribution in [3.63, 3.8) is 0 Å². The third-order valence-corrected chi connectivity index (χ3v) is 17.3. The maximum absolute atomic E-state index is 13.0. The first-order chi connectivity index (χ1) is 47.2. The van der Waals surface area contributed by atoms with Crippen LogP contribution in [0.5, 0.6) is 0 Å². The Morgan fingerprint density at radius 1 is 0.394 bits per heavy atom. The highest BCUT2D eigenvalue weighted by Crippen LogP contribution is 2.29. The largest absolute Gasteiger partial charge is 0.354 e. The molecule has 572 valence electrons. The topological polar surface area (TPSA) is 287 Å². The third kappa shape index (κ3) is 31.4. The molecule has 18 nitrogen and oxygen atoms in total. The number of unbranched alkanes of at least 4 members (excludes halogenated alkanes) is 3. The summed E-state index contributed by atoms with van der Waals surface area (Å²) in [7, 11) is 1.81. The molecule has 26 heteroatoms. The number of carbonyl (C=O) groups excluding carboxylic acids is 6. The quantitative estimate of drug-likeness (QED) is 0.0372. The standard InChI is InChI=1S/C16H16N2O.2C13H20N2O.C12H14F2N2O.2C12H16N2O.6ClH/c17-15(12-6-2-1-3-7-12)16(19)18-10-13-8-4-5-9-14(13)11-18;1-3-4-10-15(2)13(16)12(14)11-8-6-5-7-9-11;1-2-3-7-10-15-13(16)12(14)11-8-5-4-6-9-11;13-12(14)6-7-16(8-12)11(17)10(15)9-4-2-1-3-5-9;2*13-11(10-6-2-1-3-7-10)12(15)14-8-4-5-9-14;;;;;;/h1-9,15H,10-11,17H2;5-9,12H,3-4,10,14H2,1-2H3;4-6,8-9,12H,2-3,7,10,14H2,1H3,(H,15,16);1-5,10H,6-8,15H2;2*1-3,6-7,11H,4-5,8-9,13H2;6*1H. The van der Waals surface area contributed by atoms with Crippen LogP contribution in [0.25, 0.3) is 0 Å². The van der Waals surface area contributed by atoms with E-state index in [1.165, 1.54) is 11.1 Å². The van der Waals surface area contributed by atoms with Crippen LogP contribution in [0, 0.1) is 0 Å². The number of rotatable bonds is 19. The molecular formula is C78H108Cl6F2N12O6. The van der Waals surface area contributed by atoms with Gasteiger partial charge in [-0.3, -0.25) is 28.8 Å². The van der Waals surface area contributed by atoms with Crippen molar-refractivity contribution in [2.45, 2.75) is 133 Å². The number of nitrogens with one attached hydrogen (secondary N) is 1. The van der Waals surface area contributed by atoms with Gasteiger partial charge >= 0.3 is 0 Å². The number of nitrogens with two attached hydrogens (primary N) is 6. The lowest BCUT2D eigenvalue weighted by Gasteiger charge is -2.21. The van der Waals surface area contributed by atoms with Crippen LogP contribution in [-0.2, 0) is 41.9 Å². The summed E-state index contributed by atoms with van der Waals surface area (Å²) in [6.07, 6.45) is 9.55. The van der Waals surface area contributed by atoms with Crippen LogP contribution in [0.1, 0.15) is 159 Å². The van der Waals surface area contributed by atoms with Gasteiger partial charge in [0.15, 0.2) is 0 Å². The van der Waals surface area contributed by atoms with Crippen LogP contribution in [0.15, 0.2) is 206 Å². The SMILES string of the molecule is CCCCCNC(=O)C(N)c1ccccc1.CCCCN(C)C(=O)C(N)c1ccccc1.Cl.Cl.Cl.Cl.Cl.Cl.NC(C(=O)N1CCC(F)(F)C1)c1ccccc1.NC(C(=O)N1CCCC1)c1ccccc1.NC(C(=O)N1CCCC1)c1ccccc1.NC(C(=O)N1Cc2ccccc2C1)c1ccccc1. The highest BCUT2D eigenvalue weighted by molar-refractivity contribution is 5.87. The smallest absolute Gasteiger partial charge is 0.267 e. The second kappa shape index (κ2) is 51.8. The fraction of sp³-hybridized carbons (Fsp3) is 0.385. The van der Waals surface area contributed by atoms with E-state index >= 15 is 0 Å². The fourth-order valence-corrected chi connectivity index (χ4v) is 11.3. The molecule has 3 saturated heterocycles. The molecule has 0 saturated carbocycles. The predicted molar refractivity (Wildman–Crippen MR) is 427 cm³/mol. The summed E-state index contributed by atoms with van der Waals surface area (Å²) < 4.78 is 26.0. The number of benzene rings is 7. The zero-order valence-electron chi connectivity index (χ0n) is 59.6. The summed E-state index contributed by atoms with van der Waals surface area (Å²) in [4.78, 5) is 80.2. The predicted octanol–water partition coefficient (Wildman–Crippen LogP) is 12.9. The average molecular weight is 1560 g/mol. The molecule has 0 aliphatic carbocycles. The first kappa shape index (κ1) is 96.7. The van der Waals surface area contributed by atoms with Crippen molar-refractivity contribution in [2.24, 2.45) is 34.4 Å². The number of halogens is 8. The van der Waals surface area contributed by atoms with Crippen LogP contribution in [0.3, 0.4) is 0 Å². The number of fused-ring (bicyclic) bond motifs is 1. The zero-order valence-corrected chi connectivity index (χ0v) is 64.5. The van der Waals surface area contributed by atoms with Gasteiger partial charge in [-0.15, -0.1) is 74.4 Å². The minimum Gasteiger partial charge on any atom is -0.354 e. The van der Waals surface area contributed by atoms with Gasteiger partial charge in [-0.05, 0) is 83.0 Å². The van der Waals surface area contributed by atoms with E-state index < -0.39 is 54.6 Å². The number of carbonyl (C=O) groups is 6. The molecule has 6 unspecified atom stereocenters. The van der Waals surface area contributed by atoms with Gasteiger partial charge in [-0.25, -0.2) is 8.78 Å². The Balaban J connectivity index is 0.00000121. The Labute approximate surface area is 651 Å². The van der Waals surface area contributed by atoms with Crippen LogP contribution in [0.4, 0.5) is 8.78 Å². The lowest BCUT2D eigenvalue weighted by Crippen LogP contribution is -2.38. The molecule has 7 aromatic rings. The lowest BCUT2D eigenvalue weighted by atomic mass is 10.1. The molecule has 0 spiro atoms. The summed E-state index contributed by atoms with van der Waals surface area (Å²) in [6.45, 7) is 10.1. The van der Waals surface area contributed by atoms with Crippen molar-refractivity contribution < 1.29 is 37.5 Å². The van der Waals surface area contributed by atoms with Gasteiger partial charge in [0.05, 0.1) is 6.54 Å². The molecule has 6 atom stereocenters. The average Bonchev–Trinajstić information content (AvgIpc) is 1.68. The first-order valence-corrected chi connectivity index (χ1v) is 34.2. The summed E-state index contributed by atoms with van der Waals surface area (Å²) in [6, 6.07) is 60.9. The molecule has 0 bridgehead atoms. The van der Waals surface area contributed by atoms with E-state index in [-0.39, 0.29) is 117 Å². The Kier molecular flexibility index (Phi) is 48.2. The minimum absolute atomic E-state index is 0. The van der Waals surface area contributed by atoms with Crippen molar-refractivity contribution in [3.05, 3.63) is 251 Å². The number of hydrogen-bond acceptors (Lipinski definition) is 12. The van der Waals surface area contributed by atoms with Crippen LogP contribution in [0.2, 0.25) is 0 Å². The van der Waals surface area contributed by atoms with Gasteiger partial charge in [0, 0.05) is 72.4 Å². The van der Waals surface area contributed by atoms with Gasteiger partial charge in [-0.1, -0.05) is 239 Å². The molecule has 11 rings (SSSR count). The second-order valence-electron chi connectivity index (χ2n) is 24.8. The monoisotopic (exact) mass is 1560 g/mol. The number of nitrogens with zero attached hydrogens (tertiary/aromatic N) is 5. The normalized spacial score (nSPS) is 15.0. The van der Waals surface area contributed by atoms with E-state index in [1.54, 1.807) is 36.2 Å². The van der Waals surface area contributed by atoms with Gasteiger partial charge < -0.3 is 64.2 Å². The fourth-order valence-electron chi connectivity index (χ4n) is 11.3. The van der Waals surface area contributed by atoms with Crippen molar-refractivity contribution in [2.75, 3.05) is 59.4 Å². The summed E-state index contributed by atoms with van der Waals surface area (Å²) in [5.41, 5.74) is 42.9. The van der Waals surface area contributed by atoms with Crippen molar-refractivity contribution in [1.82, 2.24) is 29.8 Å². The number of hydrogen-bond donors (Lipinski definition) is 7. The summed E-state index contributed by atoms with van der Waals surface area (Å²) >= 11 is 0. The molecule has 6 amide bonds. The number of amides is 6. The van der Waals surface area contributed by atoms with Crippen molar-refractivity contribution in [3.8, 4) is 0 Å². The second-order valence-corrected chi connectivity index (χ2v) is 24.8. The molecule has 4 aliphatic heterocycles. The number of alkyl halides is 2. The summed E-state index contributed by atoms with van der Waals surface area (Å²) in [5, 5.41) is 2.85. The number of likely N-dealkylation sites (N-methyl/N-ethyl adjacent to an activating group) is 1. The Morgan fingerprint density at radius 3 is 0.990 bits per heavy atom. The molecule has 13 N–H and O–H groups in total. The molecule has 3 fully saturated rings. The highest BCUT2D eigenvalue weighted by atomic mass is 35.5. The molecule has 7 aromatic carbocycles. The van der Waals surface area contributed by atoms with Gasteiger partial charge in [-0.2, -0.15) is 0 Å². The lowest BCUT2D eigenvalue weighted by molar-refractivity contribution is -0.134. The van der Waals surface area contributed by atoms with Crippen LogP contribution >= 0.6 is 74.4 Å². The van der Waals surface area contributed by atoms with Gasteiger partial charge in [0.1, 0.15) is 36.3 Å². The summed E-state index contributed by atoms with van der Waals surface area (Å²) in [5.74, 6) is -3.22. The first-order valence-electron chi connectivity index (χ1n) is 34.2. The van der Waals surface area contributed by atoms with Crippen LogP contribution < -0.4 is 39.7 Å². The molecule has 4 aliphatic rings. The van der Waals surface area contributed by atoms with Gasteiger partial charge in [0.25, 0.3) is 5.92 Å². The van der Waals surface area contributed by atoms with E-state index in [4.69, 9.17) is 34.4 Å². The van der Waals surface area contributed by atoms with Crippen LogP contribution in [-0.4, -0.2) is 125 Å². The Hall–Kier alpha value is -7.28. The molecule has 104 heavy (non-hydrogen) atoms. The molecule has 4 heterocycles. The highest BCUT2D eigenvalue weighted by Gasteiger charge is 2.41. The van der Waals surface area contributed by atoms with E-state index in [2.05, 4.69) is 31.3 Å². The minimum atomic E-state index is -2.77. The van der Waals surface area contributed by atoms with E-state index in [1.807, 2.05) is 185 Å². The maximum atomic E-state index is 13.0. The molecular weight excluding hydrogens is 1450 g/mol. The van der Waals surface area contributed by atoms with Gasteiger partial charge in [0.2, 0.25) is 35.4 Å².